The zero-order chi connectivity index (χ0) is 20.5. The predicted octanol–water partition coefficient (Wildman–Crippen LogP) is 2.72. The van der Waals surface area contributed by atoms with E-state index in [0.717, 1.165) is 18.2 Å². The van der Waals surface area contributed by atoms with Gasteiger partial charge in [-0.3, -0.25) is 10.1 Å². The van der Waals surface area contributed by atoms with Gasteiger partial charge in [0.15, 0.2) is 11.5 Å². The molecule has 0 unspecified atom stereocenters. The molecule has 152 valence electrons. The molecule has 0 aliphatic rings. The first-order valence-electron chi connectivity index (χ1n) is 8.69. The summed E-state index contributed by atoms with van der Waals surface area (Å²) in [4.78, 5) is 23.5. The summed E-state index contributed by atoms with van der Waals surface area (Å²) in [6.45, 7) is 4.63. The van der Waals surface area contributed by atoms with Crippen LogP contribution in [0.3, 0.4) is 0 Å². The second kappa shape index (κ2) is 10.5. The van der Waals surface area contributed by atoms with Crippen molar-refractivity contribution >= 4 is 23.7 Å². The van der Waals surface area contributed by atoms with E-state index < -0.39 is 11.9 Å². The average Bonchev–Trinajstić information content (AvgIpc) is 3.14. The van der Waals surface area contributed by atoms with Crippen LogP contribution >= 0.6 is 11.8 Å². The molecule has 1 aromatic heterocycles. The number of urea groups is 1. The lowest BCUT2D eigenvalue weighted by atomic mass is 10.1. The van der Waals surface area contributed by atoms with E-state index in [1.807, 2.05) is 0 Å². The molecule has 0 aliphatic carbocycles. The molecule has 9 nitrogen and oxygen atoms in total. The summed E-state index contributed by atoms with van der Waals surface area (Å²) in [6, 6.07) is 4.70. The standard InChI is InChI=1S/C18H24N4O5S/c1-11(2)7-8-19-17(24)20-15(23)10-28-18-22-21-16(27-18)12-5-6-13(25-3)14(9-12)26-4/h5-6,9,11H,7-8,10H2,1-4H3,(H2,19,20,23,24). The first-order chi connectivity index (χ1) is 13.4. The molecule has 0 bridgehead atoms. The Hall–Kier alpha value is -2.75. The Bertz CT molecular complexity index is 809. The van der Waals surface area contributed by atoms with Crippen molar-refractivity contribution in [2.24, 2.45) is 5.92 Å². The van der Waals surface area contributed by atoms with Crippen LogP contribution in [0.1, 0.15) is 20.3 Å². The van der Waals surface area contributed by atoms with Crippen molar-refractivity contribution in [2.45, 2.75) is 25.5 Å². The Morgan fingerprint density at radius 1 is 1.18 bits per heavy atom. The molecule has 0 atom stereocenters. The molecule has 3 amide bonds. The van der Waals surface area contributed by atoms with Crippen LogP contribution in [0.15, 0.2) is 27.8 Å². The van der Waals surface area contributed by atoms with Gasteiger partial charge in [-0.2, -0.15) is 0 Å². The van der Waals surface area contributed by atoms with Crippen LogP contribution in [0.2, 0.25) is 0 Å². The van der Waals surface area contributed by atoms with Crippen LogP contribution in [0.5, 0.6) is 11.5 Å². The maximum atomic E-state index is 11.8. The van der Waals surface area contributed by atoms with E-state index in [1.165, 1.54) is 7.11 Å². The van der Waals surface area contributed by atoms with Gasteiger partial charge in [0.25, 0.3) is 5.22 Å². The van der Waals surface area contributed by atoms with Gasteiger partial charge in [0.1, 0.15) is 0 Å². The first kappa shape index (κ1) is 21.5. The number of nitrogens with zero attached hydrogens (tertiary/aromatic N) is 2. The van der Waals surface area contributed by atoms with Crippen molar-refractivity contribution < 1.29 is 23.5 Å². The molecule has 1 aromatic carbocycles. The Morgan fingerprint density at radius 3 is 2.61 bits per heavy atom. The fourth-order valence-corrected chi connectivity index (χ4v) is 2.73. The minimum absolute atomic E-state index is 0.0227. The number of amides is 3. The van der Waals surface area contributed by atoms with E-state index in [2.05, 4.69) is 34.7 Å². The molecule has 0 saturated heterocycles. The highest BCUT2D eigenvalue weighted by Crippen LogP contribution is 2.32. The number of thioether (sulfide) groups is 1. The van der Waals surface area contributed by atoms with Crippen molar-refractivity contribution in [3.8, 4) is 23.0 Å². The Morgan fingerprint density at radius 2 is 1.93 bits per heavy atom. The lowest BCUT2D eigenvalue weighted by molar-refractivity contribution is -0.117. The summed E-state index contributed by atoms with van der Waals surface area (Å²) in [5, 5.41) is 13.0. The highest BCUT2D eigenvalue weighted by molar-refractivity contribution is 7.99. The number of hydrogen-bond donors (Lipinski definition) is 2. The molecular formula is C18H24N4O5S. The van der Waals surface area contributed by atoms with Gasteiger partial charge < -0.3 is 19.2 Å². The number of carbonyl (C=O) groups is 2. The third-order valence-corrected chi connectivity index (χ3v) is 4.44. The maximum absolute atomic E-state index is 11.8. The third kappa shape index (κ3) is 6.45. The van der Waals surface area contributed by atoms with E-state index in [-0.39, 0.29) is 16.9 Å². The smallest absolute Gasteiger partial charge is 0.321 e. The van der Waals surface area contributed by atoms with Crippen molar-refractivity contribution in [1.29, 1.82) is 0 Å². The molecule has 0 spiro atoms. The van der Waals surface area contributed by atoms with Crippen LogP contribution in [0.4, 0.5) is 4.79 Å². The zero-order valence-corrected chi connectivity index (χ0v) is 17.1. The minimum atomic E-state index is -0.511. The van der Waals surface area contributed by atoms with Crippen molar-refractivity contribution in [3.05, 3.63) is 18.2 Å². The van der Waals surface area contributed by atoms with Crippen LogP contribution in [-0.4, -0.2) is 48.7 Å². The SMILES string of the molecule is COc1ccc(-c2nnc(SCC(=O)NC(=O)NCCC(C)C)o2)cc1OC. The van der Waals surface area contributed by atoms with Crippen molar-refractivity contribution in [2.75, 3.05) is 26.5 Å². The van der Waals surface area contributed by atoms with E-state index in [0.29, 0.717) is 29.5 Å². The minimum Gasteiger partial charge on any atom is -0.493 e. The second-order valence-corrected chi connectivity index (χ2v) is 7.14. The largest absolute Gasteiger partial charge is 0.493 e. The van der Waals surface area contributed by atoms with Crippen LogP contribution in [0.25, 0.3) is 11.5 Å². The Balaban J connectivity index is 1.86. The number of ether oxygens (including phenoxy) is 2. The number of methoxy groups -OCH3 is 2. The summed E-state index contributed by atoms with van der Waals surface area (Å²) in [7, 11) is 3.09. The van der Waals surface area contributed by atoms with Gasteiger partial charge in [-0.05, 0) is 30.5 Å². The van der Waals surface area contributed by atoms with Gasteiger partial charge in [-0.1, -0.05) is 25.6 Å². The summed E-state index contributed by atoms with van der Waals surface area (Å²) < 4.78 is 16.0. The van der Waals surface area contributed by atoms with Gasteiger partial charge in [0, 0.05) is 12.1 Å². The van der Waals surface area contributed by atoms with Crippen LogP contribution in [0, 0.1) is 5.92 Å². The lowest BCUT2D eigenvalue weighted by Gasteiger charge is -2.07. The molecule has 28 heavy (non-hydrogen) atoms. The fraction of sp³-hybridized carbons (Fsp3) is 0.444. The Labute approximate surface area is 167 Å². The summed E-state index contributed by atoms with van der Waals surface area (Å²) in [5.74, 6) is 1.42. The monoisotopic (exact) mass is 408 g/mol. The number of imide groups is 1. The summed E-state index contributed by atoms with van der Waals surface area (Å²) in [6.07, 6.45) is 0.845. The van der Waals surface area contributed by atoms with Gasteiger partial charge in [-0.15, -0.1) is 10.2 Å². The number of carbonyl (C=O) groups excluding carboxylic acids is 2. The first-order valence-corrected chi connectivity index (χ1v) is 9.67. The highest BCUT2D eigenvalue weighted by Gasteiger charge is 2.14. The number of benzene rings is 1. The predicted molar refractivity (Wildman–Crippen MR) is 105 cm³/mol. The fourth-order valence-electron chi connectivity index (χ4n) is 2.16. The second-order valence-electron chi connectivity index (χ2n) is 6.22. The van der Waals surface area contributed by atoms with Crippen LogP contribution in [-0.2, 0) is 4.79 Å². The van der Waals surface area contributed by atoms with Crippen molar-refractivity contribution in [1.82, 2.24) is 20.8 Å². The zero-order valence-electron chi connectivity index (χ0n) is 16.3. The Kier molecular flexibility index (Phi) is 8.12. The molecule has 0 fully saturated rings. The van der Waals surface area contributed by atoms with Crippen LogP contribution < -0.4 is 20.1 Å². The van der Waals surface area contributed by atoms with Gasteiger partial charge in [-0.25, -0.2) is 4.79 Å². The van der Waals surface area contributed by atoms with E-state index in [1.54, 1.807) is 25.3 Å². The third-order valence-electron chi connectivity index (χ3n) is 3.62. The molecule has 1 heterocycles. The van der Waals surface area contributed by atoms with E-state index in [4.69, 9.17) is 13.9 Å². The molecule has 0 aliphatic heterocycles. The average molecular weight is 408 g/mol. The quantitative estimate of drug-likeness (QED) is 0.609. The van der Waals surface area contributed by atoms with Crippen molar-refractivity contribution in [3.63, 3.8) is 0 Å². The molecule has 0 radical (unpaired) electrons. The summed E-state index contributed by atoms with van der Waals surface area (Å²) in [5.41, 5.74) is 0.658. The van der Waals surface area contributed by atoms with Gasteiger partial charge in [0.05, 0.1) is 20.0 Å². The summed E-state index contributed by atoms with van der Waals surface area (Å²) >= 11 is 1.04. The van der Waals surface area contributed by atoms with Gasteiger partial charge in [0.2, 0.25) is 11.8 Å². The lowest BCUT2D eigenvalue weighted by Crippen LogP contribution is -2.40. The number of nitrogens with one attached hydrogen (secondary N) is 2. The topological polar surface area (TPSA) is 116 Å². The van der Waals surface area contributed by atoms with E-state index >= 15 is 0 Å². The van der Waals surface area contributed by atoms with Gasteiger partial charge >= 0.3 is 6.03 Å². The maximum Gasteiger partial charge on any atom is 0.321 e. The number of aromatic nitrogens is 2. The number of hydrogen-bond acceptors (Lipinski definition) is 8. The molecule has 2 aromatic rings. The number of rotatable bonds is 9. The highest BCUT2D eigenvalue weighted by atomic mass is 32.2. The van der Waals surface area contributed by atoms with E-state index in [9.17, 15) is 9.59 Å². The molecule has 2 rings (SSSR count). The normalized spacial score (nSPS) is 10.6. The molecule has 2 N–H and O–H groups in total. The molecule has 0 saturated carbocycles. The molecule has 10 heteroatoms. The molecular weight excluding hydrogens is 384 g/mol.